The fourth-order valence-electron chi connectivity index (χ4n) is 0. The molecule has 0 heterocycles. The Morgan fingerprint density at radius 1 is 0.500 bits per heavy atom. The summed E-state index contributed by atoms with van der Waals surface area (Å²) >= 11 is 0. The molecule has 0 saturated carbocycles. The Kier molecular flexibility index (Phi) is 114. The molecule has 0 aliphatic rings. The van der Waals surface area contributed by atoms with E-state index in [4.69, 9.17) is 0 Å². The molecule has 0 aliphatic heterocycles. The summed E-state index contributed by atoms with van der Waals surface area (Å²) in [6.45, 7) is 0. The first kappa shape index (κ1) is 27.5. The molecule has 0 aromatic heterocycles. The van der Waals surface area contributed by atoms with E-state index in [1.165, 1.54) is 0 Å². The number of rotatable bonds is 0. The first-order valence-corrected chi connectivity index (χ1v) is 0. The first-order valence-electron chi connectivity index (χ1n) is 0. The minimum Gasteiger partial charge on any atom is 0 e. The molecule has 0 N–H and O–H groups in total. The summed E-state index contributed by atoms with van der Waals surface area (Å²) in [6.07, 6.45) is 0. The Balaban J connectivity index is 0. The van der Waals surface area contributed by atoms with Crippen molar-refractivity contribution in [1.82, 2.24) is 0 Å². The van der Waals surface area contributed by atoms with E-state index in [-0.39, 0.29) is 93.0 Å². The van der Waals surface area contributed by atoms with Gasteiger partial charge in [0.2, 0.25) is 0 Å². The third-order valence-corrected chi connectivity index (χ3v) is 0. The van der Waals surface area contributed by atoms with Crippen molar-refractivity contribution in [2.24, 2.45) is 0 Å². The van der Waals surface area contributed by atoms with Gasteiger partial charge in [-0.3, -0.25) is 0 Å². The molecule has 0 amide bonds. The van der Waals surface area contributed by atoms with E-state index in [1.54, 1.807) is 0 Å². The third kappa shape index (κ3) is 8.92. The summed E-state index contributed by atoms with van der Waals surface area (Å²) in [5.41, 5.74) is 0. The van der Waals surface area contributed by atoms with Gasteiger partial charge in [0, 0.05) is 93.0 Å². The molecule has 6 radical (unpaired) electrons. The summed E-state index contributed by atoms with van der Waals surface area (Å²) in [5, 5.41) is 0. The molecule has 0 fully saturated rings. The van der Waals surface area contributed by atoms with E-state index in [0.29, 0.717) is 0 Å². The van der Waals surface area contributed by atoms with Crippen LogP contribution in [0.2, 0.25) is 0 Å². The molecule has 0 unspecified atom stereocenters. The van der Waals surface area contributed by atoms with Gasteiger partial charge in [0.25, 0.3) is 0 Å². The van der Waals surface area contributed by atoms with Gasteiger partial charge in [-0.2, -0.15) is 0 Å². The van der Waals surface area contributed by atoms with E-state index in [2.05, 4.69) is 0 Å². The summed E-state index contributed by atoms with van der Waals surface area (Å²) in [5.74, 6) is 0. The van der Waals surface area contributed by atoms with Crippen molar-refractivity contribution in [2.75, 3.05) is 0 Å². The first-order chi connectivity index (χ1) is 0. The van der Waals surface area contributed by atoms with Crippen molar-refractivity contribution >= 4 is 25.8 Å². The van der Waals surface area contributed by atoms with Crippen LogP contribution >= 0.6 is 0 Å². The molecule has 0 rings (SSSR count). The average Bonchev–Trinajstić information content (AvgIpc) is 0. The van der Waals surface area contributed by atoms with Crippen molar-refractivity contribution in [3.8, 4) is 0 Å². The van der Waals surface area contributed by atoms with Crippen LogP contribution in [0.5, 0.6) is 0 Å². The van der Waals surface area contributed by atoms with Crippen LogP contribution < -0.4 is 0 Å². The maximum Gasteiger partial charge on any atom is 0 e. The zero-order valence-electron chi connectivity index (χ0n) is 1.92. The van der Waals surface area contributed by atoms with Gasteiger partial charge in [0.15, 0.2) is 0 Å². The van der Waals surface area contributed by atoms with E-state index in [1.807, 2.05) is 0 Å². The quantitative estimate of drug-likeness (QED) is 0.492. The van der Waals surface area contributed by atoms with Crippen LogP contribution in [0.1, 0.15) is 0 Å². The largest absolute Gasteiger partial charge is 0 e. The molecule has 0 saturated heterocycles. The Labute approximate surface area is 91.2 Å². The third-order valence-electron chi connectivity index (χ3n) is 0. The molecule has 4 heavy (non-hydrogen) atoms. The molecule has 4 heteroatoms. The second-order valence-corrected chi connectivity index (χ2v) is 0. The molecule has 0 atom stereocenters. The number of hydrogen-bond acceptors (Lipinski definition) is 0. The van der Waals surface area contributed by atoms with Crippen LogP contribution in [0.4, 0.5) is 0 Å². The van der Waals surface area contributed by atoms with Gasteiger partial charge < -0.3 is 0 Å². The fourth-order valence-corrected chi connectivity index (χ4v) is 0. The minimum atomic E-state index is 0. The molecule has 0 aromatic carbocycles. The zero-order valence-corrected chi connectivity index (χ0v) is 11.8. The molecule has 0 bridgehead atoms. The second kappa shape index (κ2) is 16.5. The van der Waals surface area contributed by atoms with Crippen molar-refractivity contribution in [3.63, 3.8) is 0 Å². The van der Waals surface area contributed by atoms with Crippen molar-refractivity contribution in [2.45, 2.75) is 0 Å². The van der Waals surface area contributed by atoms with Crippen molar-refractivity contribution in [1.29, 1.82) is 0 Å². The monoisotopic (exact) mass is 394 g/mol. The SMILES string of the molecule is [In].[Nb].[Nb].[Nb]. The fraction of sp³-hybridized carbons (Fsp3) is 0. The van der Waals surface area contributed by atoms with Gasteiger partial charge in [0.05, 0.1) is 0 Å². The number of hydrogen-bond donors (Lipinski definition) is 0. The minimum absolute atomic E-state index is 0. The van der Waals surface area contributed by atoms with Crippen LogP contribution in [-0.2, 0) is 67.1 Å². The van der Waals surface area contributed by atoms with Gasteiger partial charge in [-0.05, 0) is 0 Å². The molecule has 18 valence electrons. The Morgan fingerprint density at radius 2 is 0.500 bits per heavy atom. The predicted octanol–water partition coefficient (Wildman–Crippen LogP) is -0.388. The van der Waals surface area contributed by atoms with Gasteiger partial charge in [-0.15, -0.1) is 0 Å². The van der Waals surface area contributed by atoms with Crippen LogP contribution in [-0.4, -0.2) is 25.8 Å². The molecule has 0 spiro atoms. The van der Waals surface area contributed by atoms with Gasteiger partial charge >= 0.3 is 0 Å². The van der Waals surface area contributed by atoms with Crippen LogP contribution in [0.25, 0.3) is 0 Å². The van der Waals surface area contributed by atoms with Gasteiger partial charge in [-0.25, -0.2) is 0 Å². The Hall–Kier alpha value is 3.09. The van der Waals surface area contributed by atoms with Crippen LogP contribution in [0, 0.1) is 0 Å². The topological polar surface area (TPSA) is 0 Å². The maximum absolute atomic E-state index is 0. The maximum atomic E-state index is 0. The molecular formula is InNb3. The van der Waals surface area contributed by atoms with Crippen LogP contribution in [0.3, 0.4) is 0 Å². The predicted molar refractivity (Wildman–Crippen MR) is 5.75 cm³/mol. The molecule has 0 aliphatic carbocycles. The van der Waals surface area contributed by atoms with Crippen molar-refractivity contribution < 1.29 is 67.1 Å². The van der Waals surface area contributed by atoms with Crippen molar-refractivity contribution in [3.05, 3.63) is 0 Å². The molecule has 0 nitrogen and oxygen atoms in total. The Morgan fingerprint density at radius 3 is 0.500 bits per heavy atom. The van der Waals surface area contributed by atoms with E-state index in [9.17, 15) is 0 Å². The van der Waals surface area contributed by atoms with Crippen LogP contribution in [0.15, 0.2) is 0 Å². The van der Waals surface area contributed by atoms with Gasteiger partial charge in [-0.1, -0.05) is 0 Å². The second-order valence-electron chi connectivity index (χ2n) is 0. The standard InChI is InChI=1S/In.3Nb. The summed E-state index contributed by atoms with van der Waals surface area (Å²) in [7, 11) is 0. The van der Waals surface area contributed by atoms with Gasteiger partial charge in [0.1, 0.15) is 0 Å². The summed E-state index contributed by atoms with van der Waals surface area (Å²) in [4.78, 5) is 0. The summed E-state index contributed by atoms with van der Waals surface area (Å²) < 4.78 is 0. The van der Waals surface area contributed by atoms with E-state index >= 15 is 0 Å². The molecule has 0 aromatic rings. The summed E-state index contributed by atoms with van der Waals surface area (Å²) in [6, 6.07) is 0. The average molecular weight is 394 g/mol. The Bertz CT molecular complexity index is 3.25. The van der Waals surface area contributed by atoms with E-state index < -0.39 is 0 Å². The molecular weight excluding hydrogens is 394 g/mol. The smallest absolute Gasteiger partial charge is 0 e. The zero-order chi connectivity index (χ0) is 0. The normalized spacial score (nSPS) is 0. The van der Waals surface area contributed by atoms with E-state index in [0.717, 1.165) is 0 Å².